The van der Waals surface area contributed by atoms with Crippen molar-refractivity contribution in [3.05, 3.63) is 41.0 Å². The molecule has 0 radical (unpaired) electrons. The molecule has 0 aromatic carbocycles. The fourth-order valence-electron chi connectivity index (χ4n) is 1.40. The minimum atomic E-state index is 0.633. The van der Waals surface area contributed by atoms with Crippen LogP contribution in [-0.2, 0) is 6.42 Å². The lowest BCUT2D eigenvalue weighted by Crippen LogP contribution is -2.07. The lowest BCUT2D eigenvalue weighted by Gasteiger charge is -2.09. The van der Waals surface area contributed by atoms with E-state index in [2.05, 4.69) is 26.2 Å². The van der Waals surface area contributed by atoms with Crippen LogP contribution in [-0.4, -0.2) is 11.5 Å². The second kappa shape index (κ2) is 5.03. The van der Waals surface area contributed by atoms with Gasteiger partial charge in [0.2, 0.25) is 0 Å². The summed E-state index contributed by atoms with van der Waals surface area (Å²) in [6.45, 7) is 0.764. The fraction of sp³-hybridized carbons (Fsp3) is 0.182. The molecule has 2 aromatic rings. The van der Waals surface area contributed by atoms with E-state index in [1.54, 1.807) is 18.7 Å². The summed E-state index contributed by atoms with van der Waals surface area (Å²) in [6, 6.07) is 3.83. The molecule has 0 amide bonds. The fourth-order valence-corrected chi connectivity index (χ4v) is 1.89. The van der Waals surface area contributed by atoms with E-state index in [1.165, 1.54) is 0 Å². The molecule has 16 heavy (non-hydrogen) atoms. The van der Waals surface area contributed by atoms with Crippen molar-refractivity contribution in [1.82, 2.24) is 4.98 Å². The number of anilines is 2. The third-order valence-electron chi connectivity index (χ3n) is 2.18. The molecule has 2 heterocycles. The lowest BCUT2D eigenvalue weighted by molar-refractivity contribution is 0.513. The molecule has 2 rings (SSSR count). The van der Waals surface area contributed by atoms with Crippen LogP contribution in [0.4, 0.5) is 11.4 Å². The van der Waals surface area contributed by atoms with E-state index >= 15 is 0 Å². The van der Waals surface area contributed by atoms with Crippen molar-refractivity contribution in [3.8, 4) is 0 Å². The second-order valence-corrected chi connectivity index (χ2v) is 4.20. The first-order valence-electron chi connectivity index (χ1n) is 4.92. The first-order chi connectivity index (χ1) is 7.77. The van der Waals surface area contributed by atoms with E-state index < -0.39 is 0 Å². The van der Waals surface area contributed by atoms with Gasteiger partial charge in [0.1, 0.15) is 5.76 Å². The molecule has 0 atom stereocenters. The number of aromatic nitrogens is 1. The predicted octanol–water partition coefficient (Wildman–Crippen LogP) is 2.67. The third kappa shape index (κ3) is 2.55. The minimum Gasteiger partial charge on any atom is -0.469 e. The van der Waals surface area contributed by atoms with Crippen LogP contribution in [0.25, 0.3) is 0 Å². The van der Waals surface area contributed by atoms with E-state index in [0.29, 0.717) is 5.69 Å². The normalized spacial score (nSPS) is 10.3. The van der Waals surface area contributed by atoms with Crippen molar-refractivity contribution in [2.75, 3.05) is 17.6 Å². The summed E-state index contributed by atoms with van der Waals surface area (Å²) in [5.74, 6) is 0.955. The molecule has 0 aliphatic carbocycles. The predicted molar refractivity (Wildman–Crippen MR) is 67.3 cm³/mol. The highest BCUT2D eigenvalue weighted by Crippen LogP contribution is 2.26. The Hall–Kier alpha value is -1.49. The Morgan fingerprint density at radius 1 is 1.44 bits per heavy atom. The molecular weight excluding hydrogens is 270 g/mol. The maximum Gasteiger partial charge on any atom is 0.105 e. The Labute approximate surface area is 102 Å². The molecule has 0 aliphatic heterocycles. The van der Waals surface area contributed by atoms with Crippen LogP contribution in [0.2, 0.25) is 0 Å². The molecule has 84 valence electrons. The van der Waals surface area contributed by atoms with Gasteiger partial charge in [-0.2, -0.15) is 0 Å². The van der Waals surface area contributed by atoms with Crippen LogP contribution in [0.15, 0.2) is 39.7 Å². The highest BCUT2D eigenvalue weighted by atomic mass is 79.9. The van der Waals surface area contributed by atoms with Crippen LogP contribution in [0, 0.1) is 0 Å². The zero-order valence-electron chi connectivity index (χ0n) is 8.61. The van der Waals surface area contributed by atoms with Crippen molar-refractivity contribution >= 4 is 27.3 Å². The van der Waals surface area contributed by atoms with Crippen molar-refractivity contribution in [1.29, 1.82) is 0 Å². The Balaban J connectivity index is 1.95. The molecule has 0 spiro atoms. The van der Waals surface area contributed by atoms with E-state index in [-0.39, 0.29) is 0 Å². The molecule has 5 heteroatoms. The van der Waals surface area contributed by atoms with E-state index in [0.717, 1.165) is 28.9 Å². The number of furan rings is 1. The smallest absolute Gasteiger partial charge is 0.105 e. The van der Waals surface area contributed by atoms with Gasteiger partial charge in [0.25, 0.3) is 0 Å². The van der Waals surface area contributed by atoms with Gasteiger partial charge in [-0.25, -0.2) is 0 Å². The van der Waals surface area contributed by atoms with Gasteiger partial charge in [-0.1, -0.05) is 0 Å². The number of pyridine rings is 1. The Morgan fingerprint density at radius 2 is 2.31 bits per heavy atom. The summed E-state index contributed by atoms with van der Waals surface area (Å²) in [7, 11) is 0. The monoisotopic (exact) mass is 281 g/mol. The number of rotatable bonds is 4. The molecule has 0 saturated carbocycles. The van der Waals surface area contributed by atoms with E-state index in [9.17, 15) is 0 Å². The van der Waals surface area contributed by atoms with Crippen LogP contribution < -0.4 is 11.1 Å². The Bertz CT molecular complexity index is 436. The molecule has 0 fully saturated rings. The minimum absolute atomic E-state index is 0.633. The van der Waals surface area contributed by atoms with Gasteiger partial charge in [0.05, 0.1) is 28.3 Å². The van der Waals surface area contributed by atoms with Gasteiger partial charge in [-0.3, -0.25) is 4.98 Å². The SMILES string of the molecule is Nc1cncc(Br)c1NCCc1ccco1. The molecule has 4 nitrogen and oxygen atoms in total. The van der Waals surface area contributed by atoms with Crippen molar-refractivity contribution in [2.45, 2.75) is 6.42 Å². The summed E-state index contributed by atoms with van der Waals surface area (Å²) in [6.07, 6.45) is 5.83. The zero-order valence-corrected chi connectivity index (χ0v) is 10.2. The molecular formula is C11H12BrN3O. The van der Waals surface area contributed by atoms with E-state index in [1.807, 2.05) is 12.1 Å². The van der Waals surface area contributed by atoms with Gasteiger partial charge in [0.15, 0.2) is 0 Å². The van der Waals surface area contributed by atoms with Gasteiger partial charge in [0, 0.05) is 19.2 Å². The van der Waals surface area contributed by atoms with E-state index in [4.69, 9.17) is 10.2 Å². The first kappa shape index (κ1) is 11.0. The summed E-state index contributed by atoms with van der Waals surface area (Å²) in [4.78, 5) is 3.97. The standard InChI is InChI=1S/C11H12BrN3O/c12-9-6-14-7-10(13)11(9)15-4-3-8-2-1-5-16-8/h1-2,5-7H,3-4,13H2,(H,14,15). The quantitative estimate of drug-likeness (QED) is 0.905. The zero-order chi connectivity index (χ0) is 11.4. The van der Waals surface area contributed by atoms with Crippen molar-refractivity contribution in [2.24, 2.45) is 0 Å². The first-order valence-corrected chi connectivity index (χ1v) is 5.72. The van der Waals surface area contributed by atoms with Crippen LogP contribution in [0.5, 0.6) is 0 Å². The number of nitrogens with two attached hydrogens (primary N) is 1. The topological polar surface area (TPSA) is 64.1 Å². The number of hydrogen-bond acceptors (Lipinski definition) is 4. The Kier molecular flexibility index (Phi) is 3.46. The summed E-state index contributed by atoms with van der Waals surface area (Å²) in [5, 5.41) is 3.25. The molecule has 0 aliphatic rings. The number of halogens is 1. The highest BCUT2D eigenvalue weighted by Gasteiger charge is 2.04. The largest absolute Gasteiger partial charge is 0.469 e. The van der Waals surface area contributed by atoms with Crippen LogP contribution >= 0.6 is 15.9 Å². The average molecular weight is 282 g/mol. The molecule has 2 aromatic heterocycles. The number of nitrogens with one attached hydrogen (secondary N) is 1. The Morgan fingerprint density at radius 3 is 3.00 bits per heavy atom. The number of nitrogens with zero attached hydrogens (tertiary/aromatic N) is 1. The van der Waals surface area contributed by atoms with Gasteiger partial charge in [-0.15, -0.1) is 0 Å². The highest BCUT2D eigenvalue weighted by molar-refractivity contribution is 9.10. The van der Waals surface area contributed by atoms with Crippen molar-refractivity contribution < 1.29 is 4.42 Å². The second-order valence-electron chi connectivity index (χ2n) is 3.34. The maximum atomic E-state index is 5.80. The molecule has 3 N–H and O–H groups in total. The van der Waals surface area contributed by atoms with Crippen LogP contribution in [0.3, 0.4) is 0 Å². The molecule has 0 bridgehead atoms. The maximum absolute atomic E-state index is 5.80. The molecule has 0 unspecified atom stereocenters. The lowest BCUT2D eigenvalue weighted by atomic mass is 10.3. The van der Waals surface area contributed by atoms with Crippen LogP contribution in [0.1, 0.15) is 5.76 Å². The summed E-state index contributed by atoms with van der Waals surface area (Å²) < 4.78 is 6.10. The number of nitrogen functional groups attached to an aromatic ring is 1. The summed E-state index contributed by atoms with van der Waals surface area (Å²) >= 11 is 3.40. The third-order valence-corrected chi connectivity index (χ3v) is 2.78. The number of hydrogen-bond donors (Lipinski definition) is 2. The van der Waals surface area contributed by atoms with Gasteiger partial charge < -0.3 is 15.5 Å². The average Bonchev–Trinajstić information content (AvgIpc) is 2.75. The van der Waals surface area contributed by atoms with Crippen molar-refractivity contribution in [3.63, 3.8) is 0 Å². The van der Waals surface area contributed by atoms with Gasteiger partial charge in [-0.05, 0) is 28.1 Å². The molecule has 0 saturated heterocycles. The summed E-state index contributed by atoms with van der Waals surface area (Å²) in [5.41, 5.74) is 7.31. The van der Waals surface area contributed by atoms with Gasteiger partial charge >= 0.3 is 0 Å².